The molecule has 0 aliphatic rings. The van der Waals surface area contributed by atoms with Crippen molar-refractivity contribution >= 4 is 6.01 Å². The van der Waals surface area contributed by atoms with Crippen LogP contribution < -0.4 is 10.1 Å². The fraction of sp³-hybridized carbons (Fsp3) is 0.273. The van der Waals surface area contributed by atoms with Gasteiger partial charge in [0.25, 0.3) is 0 Å². The molecule has 1 aromatic carbocycles. The molecule has 1 N–H and O–H groups in total. The van der Waals surface area contributed by atoms with Crippen LogP contribution in [0.25, 0.3) is 0 Å². The molecule has 0 saturated heterocycles. The van der Waals surface area contributed by atoms with Gasteiger partial charge >= 0.3 is 6.01 Å². The van der Waals surface area contributed by atoms with Gasteiger partial charge in [-0.2, -0.15) is 4.98 Å². The highest BCUT2D eigenvalue weighted by molar-refractivity contribution is 5.29. The molecule has 1 heterocycles. The third-order valence-electron chi connectivity index (χ3n) is 2.20. The van der Waals surface area contributed by atoms with Crippen LogP contribution in [0.1, 0.15) is 11.4 Å². The third kappa shape index (κ3) is 2.31. The van der Waals surface area contributed by atoms with Crippen molar-refractivity contribution in [3.63, 3.8) is 0 Å². The van der Waals surface area contributed by atoms with Crippen LogP contribution >= 0.6 is 0 Å². The van der Waals surface area contributed by atoms with Crippen LogP contribution in [0, 0.1) is 0 Å². The van der Waals surface area contributed by atoms with Gasteiger partial charge in [-0.3, -0.25) is 0 Å². The molecule has 0 radical (unpaired) electrons. The van der Waals surface area contributed by atoms with Crippen molar-refractivity contribution in [3.8, 4) is 5.75 Å². The van der Waals surface area contributed by atoms with Crippen molar-refractivity contribution < 1.29 is 9.26 Å². The van der Waals surface area contributed by atoms with Crippen LogP contribution in [-0.2, 0) is 6.42 Å². The minimum atomic E-state index is 0.434. The van der Waals surface area contributed by atoms with Crippen molar-refractivity contribution in [3.05, 3.63) is 35.7 Å². The van der Waals surface area contributed by atoms with Gasteiger partial charge in [-0.1, -0.05) is 17.3 Å². The summed E-state index contributed by atoms with van der Waals surface area (Å²) in [6.07, 6.45) is 0.648. The van der Waals surface area contributed by atoms with Gasteiger partial charge in [-0.25, -0.2) is 0 Å². The van der Waals surface area contributed by atoms with Crippen molar-refractivity contribution in [2.45, 2.75) is 6.42 Å². The fourth-order valence-corrected chi connectivity index (χ4v) is 1.35. The molecule has 2 aromatic rings. The molecule has 5 nitrogen and oxygen atoms in total. The Morgan fingerprint density at radius 2 is 2.06 bits per heavy atom. The highest BCUT2D eigenvalue weighted by atomic mass is 16.5. The predicted octanol–water partition coefficient (Wildman–Crippen LogP) is 1.71. The van der Waals surface area contributed by atoms with Crippen LogP contribution in [0.4, 0.5) is 6.01 Å². The zero-order valence-electron chi connectivity index (χ0n) is 9.23. The summed E-state index contributed by atoms with van der Waals surface area (Å²) in [5, 5.41) is 6.64. The lowest BCUT2D eigenvalue weighted by Crippen LogP contribution is -1.92. The average molecular weight is 219 g/mol. The summed E-state index contributed by atoms with van der Waals surface area (Å²) in [4.78, 5) is 4.15. The largest absolute Gasteiger partial charge is 0.497 e. The molecule has 0 saturated carbocycles. The van der Waals surface area contributed by atoms with E-state index in [2.05, 4.69) is 15.5 Å². The van der Waals surface area contributed by atoms with Crippen molar-refractivity contribution in [1.82, 2.24) is 10.1 Å². The van der Waals surface area contributed by atoms with E-state index in [0.717, 1.165) is 11.3 Å². The second-order valence-electron chi connectivity index (χ2n) is 3.29. The summed E-state index contributed by atoms with van der Waals surface area (Å²) in [7, 11) is 3.39. The molecule has 0 unspecified atom stereocenters. The Morgan fingerprint density at radius 3 is 2.62 bits per heavy atom. The number of nitrogens with zero attached hydrogens (tertiary/aromatic N) is 2. The molecule has 0 aliphatic heterocycles. The maximum Gasteiger partial charge on any atom is 0.321 e. The van der Waals surface area contributed by atoms with E-state index < -0.39 is 0 Å². The lowest BCUT2D eigenvalue weighted by Gasteiger charge is -2.00. The molecular formula is C11H13N3O2. The average Bonchev–Trinajstić information content (AvgIpc) is 2.78. The number of hydrogen-bond acceptors (Lipinski definition) is 5. The van der Waals surface area contributed by atoms with Gasteiger partial charge in [0.15, 0.2) is 5.82 Å². The summed E-state index contributed by atoms with van der Waals surface area (Å²) < 4.78 is 10.0. The second-order valence-corrected chi connectivity index (χ2v) is 3.29. The summed E-state index contributed by atoms with van der Waals surface area (Å²) in [6.45, 7) is 0. The van der Waals surface area contributed by atoms with E-state index in [4.69, 9.17) is 9.26 Å². The summed E-state index contributed by atoms with van der Waals surface area (Å²) in [5.74, 6) is 1.50. The van der Waals surface area contributed by atoms with Gasteiger partial charge < -0.3 is 14.6 Å². The van der Waals surface area contributed by atoms with Crippen LogP contribution in [-0.4, -0.2) is 24.3 Å². The standard InChI is InChI=1S/C11H13N3O2/c1-12-11-13-10(14-16-11)7-8-3-5-9(15-2)6-4-8/h3-6H,7H2,1-2H3,(H,12,13,14). The Bertz CT molecular complexity index is 451. The Morgan fingerprint density at radius 1 is 1.31 bits per heavy atom. The van der Waals surface area contributed by atoms with E-state index in [1.807, 2.05) is 24.3 Å². The molecule has 0 spiro atoms. The van der Waals surface area contributed by atoms with Crippen molar-refractivity contribution in [2.24, 2.45) is 0 Å². The first kappa shape index (κ1) is 10.5. The van der Waals surface area contributed by atoms with Crippen LogP contribution in [0.3, 0.4) is 0 Å². The third-order valence-corrected chi connectivity index (χ3v) is 2.20. The Balaban J connectivity index is 2.08. The Kier molecular flexibility index (Phi) is 3.05. The van der Waals surface area contributed by atoms with Gasteiger partial charge in [0.1, 0.15) is 5.75 Å². The summed E-state index contributed by atoms with van der Waals surface area (Å²) in [6, 6.07) is 8.22. The highest BCUT2D eigenvalue weighted by Gasteiger charge is 2.05. The second kappa shape index (κ2) is 4.65. The molecule has 0 aliphatic carbocycles. The maximum absolute atomic E-state index is 5.08. The lowest BCUT2D eigenvalue weighted by atomic mass is 10.1. The SMILES string of the molecule is CNc1nc(Cc2ccc(OC)cc2)no1. The maximum atomic E-state index is 5.08. The van der Waals surface area contributed by atoms with Crippen LogP contribution in [0.2, 0.25) is 0 Å². The molecule has 2 rings (SSSR count). The molecular weight excluding hydrogens is 206 g/mol. The smallest absolute Gasteiger partial charge is 0.321 e. The monoisotopic (exact) mass is 219 g/mol. The molecule has 0 fully saturated rings. The molecule has 84 valence electrons. The molecule has 0 atom stereocenters. The van der Waals surface area contributed by atoms with E-state index in [0.29, 0.717) is 18.3 Å². The van der Waals surface area contributed by atoms with Gasteiger partial charge in [-0.05, 0) is 17.7 Å². The lowest BCUT2D eigenvalue weighted by molar-refractivity contribution is 0.414. The van der Waals surface area contributed by atoms with Crippen LogP contribution in [0.5, 0.6) is 5.75 Å². The fourth-order valence-electron chi connectivity index (χ4n) is 1.35. The number of methoxy groups -OCH3 is 1. The van der Waals surface area contributed by atoms with Crippen molar-refractivity contribution in [2.75, 3.05) is 19.5 Å². The van der Waals surface area contributed by atoms with Crippen molar-refractivity contribution in [1.29, 1.82) is 0 Å². The quantitative estimate of drug-likeness (QED) is 0.848. The summed E-state index contributed by atoms with van der Waals surface area (Å²) >= 11 is 0. The molecule has 0 amide bonds. The first-order chi connectivity index (χ1) is 7.81. The van der Waals surface area contributed by atoms with Gasteiger partial charge in [0.05, 0.1) is 7.11 Å². The van der Waals surface area contributed by atoms with Gasteiger partial charge in [0, 0.05) is 13.5 Å². The molecule has 5 heteroatoms. The minimum absolute atomic E-state index is 0.434. The van der Waals surface area contributed by atoms with E-state index in [9.17, 15) is 0 Å². The normalized spacial score (nSPS) is 10.1. The molecule has 1 aromatic heterocycles. The zero-order valence-corrected chi connectivity index (χ0v) is 9.23. The number of ether oxygens (including phenoxy) is 1. The topological polar surface area (TPSA) is 60.2 Å². The number of hydrogen-bond donors (Lipinski definition) is 1. The minimum Gasteiger partial charge on any atom is -0.497 e. The van der Waals surface area contributed by atoms with Gasteiger partial charge in [-0.15, -0.1) is 0 Å². The predicted molar refractivity (Wildman–Crippen MR) is 59.6 cm³/mol. The highest BCUT2D eigenvalue weighted by Crippen LogP contribution is 2.14. The van der Waals surface area contributed by atoms with E-state index in [1.165, 1.54) is 0 Å². The first-order valence-electron chi connectivity index (χ1n) is 4.95. The zero-order chi connectivity index (χ0) is 11.4. The van der Waals surface area contributed by atoms with E-state index in [1.54, 1.807) is 14.2 Å². The molecule has 16 heavy (non-hydrogen) atoms. The first-order valence-corrected chi connectivity index (χ1v) is 4.95. The Hall–Kier alpha value is -2.04. The van der Waals surface area contributed by atoms with Crippen LogP contribution in [0.15, 0.2) is 28.8 Å². The number of rotatable bonds is 4. The van der Waals surface area contributed by atoms with E-state index in [-0.39, 0.29) is 0 Å². The number of nitrogens with one attached hydrogen (secondary N) is 1. The number of aromatic nitrogens is 2. The molecule has 0 bridgehead atoms. The summed E-state index contributed by atoms with van der Waals surface area (Å²) in [5.41, 5.74) is 1.12. The number of anilines is 1. The van der Waals surface area contributed by atoms with Gasteiger partial charge in [0.2, 0.25) is 0 Å². The Labute approximate surface area is 93.4 Å². The van der Waals surface area contributed by atoms with E-state index >= 15 is 0 Å². The number of benzene rings is 1.